The Morgan fingerprint density at radius 1 is 0.500 bits per heavy atom. The molecule has 0 spiro atoms. The molecule has 0 aliphatic rings. The number of aromatic nitrogens is 2. The number of ether oxygens (including phenoxy) is 7. The van der Waals surface area contributed by atoms with Crippen molar-refractivity contribution in [2.75, 3.05) is 87.4 Å². The highest BCUT2D eigenvalue weighted by molar-refractivity contribution is 7.81. The zero-order valence-corrected chi connectivity index (χ0v) is 35.4. The summed E-state index contributed by atoms with van der Waals surface area (Å²) in [6, 6.07) is 0. The minimum absolute atomic E-state index is 0.0189. The van der Waals surface area contributed by atoms with E-state index in [9.17, 15) is 28.8 Å². The first-order chi connectivity index (χ1) is 25.9. The van der Waals surface area contributed by atoms with Crippen LogP contribution in [0.3, 0.4) is 0 Å². The largest absolute Gasteiger partial charge is 0.465 e. The molecule has 21 heteroatoms. The third-order valence-electron chi connectivity index (χ3n) is 6.68. The second-order valence-electron chi connectivity index (χ2n) is 11.5. The minimum Gasteiger partial charge on any atom is -0.465 e. The summed E-state index contributed by atoms with van der Waals surface area (Å²) < 4.78 is 40.4. The maximum atomic E-state index is 12.3. The number of hydrogen-bond donors (Lipinski definition) is 6. The quantitative estimate of drug-likeness (QED) is 0.0392. The summed E-state index contributed by atoms with van der Waals surface area (Å²) in [5.74, 6) is -2.37. The summed E-state index contributed by atoms with van der Waals surface area (Å²) in [5.41, 5.74) is -2.82. The van der Waals surface area contributed by atoms with Crippen molar-refractivity contribution in [3.05, 3.63) is 25.3 Å². The van der Waals surface area contributed by atoms with E-state index in [0.29, 0.717) is 0 Å². The predicted molar refractivity (Wildman–Crippen MR) is 221 cm³/mol. The average molecular weight is 877 g/mol. The zero-order valence-electron chi connectivity index (χ0n) is 30.0. The highest BCUT2D eigenvalue weighted by atomic mass is 32.1. The molecule has 0 aromatic carbocycles. The molecule has 0 unspecified atom stereocenters. The Bertz CT molecular complexity index is 1070. The van der Waals surface area contributed by atoms with E-state index in [2.05, 4.69) is 87.3 Å². The van der Waals surface area contributed by atoms with Crippen molar-refractivity contribution in [2.45, 2.75) is 38.5 Å². The lowest BCUT2D eigenvalue weighted by Gasteiger charge is -2.35. The highest BCUT2D eigenvalue weighted by Crippen LogP contribution is 2.27. The van der Waals surface area contributed by atoms with E-state index in [-0.39, 0.29) is 126 Å². The maximum absolute atomic E-state index is 12.3. The van der Waals surface area contributed by atoms with Gasteiger partial charge in [-0.15, -0.1) is 0 Å². The van der Waals surface area contributed by atoms with Crippen molar-refractivity contribution in [1.82, 2.24) is 9.55 Å². The van der Waals surface area contributed by atoms with Crippen LogP contribution in [-0.4, -0.2) is 133 Å². The van der Waals surface area contributed by atoms with E-state index >= 15 is 0 Å². The van der Waals surface area contributed by atoms with Gasteiger partial charge in [-0.05, 0) is 0 Å². The smallest absolute Gasteiger partial charge is 0.306 e. The summed E-state index contributed by atoms with van der Waals surface area (Å²) >= 11 is 24.2. The highest BCUT2D eigenvalue weighted by Gasteiger charge is 2.40. The van der Waals surface area contributed by atoms with Crippen LogP contribution in [0.5, 0.6) is 0 Å². The summed E-state index contributed by atoms with van der Waals surface area (Å²) in [6.07, 6.45) is 6.80. The van der Waals surface area contributed by atoms with Crippen LogP contribution >= 0.6 is 75.8 Å². The summed E-state index contributed by atoms with van der Waals surface area (Å²) in [6.45, 7) is 0.506. The van der Waals surface area contributed by atoms with Crippen molar-refractivity contribution >= 4 is 118 Å². The van der Waals surface area contributed by atoms with Gasteiger partial charge in [0.25, 0.3) is 0 Å². The van der Waals surface area contributed by atoms with Crippen LogP contribution in [0.1, 0.15) is 38.5 Å². The lowest BCUT2D eigenvalue weighted by molar-refractivity contribution is -0.174. The van der Waals surface area contributed by atoms with Gasteiger partial charge in [-0.1, -0.05) is 6.58 Å². The Morgan fingerprint density at radius 3 is 0.926 bits per heavy atom. The van der Waals surface area contributed by atoms with Crippen molar-refractivity contribution in [3.8, 4) is 0 Å². The average Bonchev–Trinajstić information content (AvgIpc) is 3.68. The first kappa shape index (κ1) is 51.8. The molecule has 0 fully saturated rings. The van der Waals surface area contributed by atoms with Crippen molar-refractivity contribution < 1.29 is 61.9 Å². The molecule has 308 valence electrons. The lowest BCUT2D eigenvalue weighted by Crippen LogP contribution is -2.47. The number of nitrogens with zero attached hydrogens (tertiary/aromatic N) is 2. The molecule has 1 aromatic heterocycles. The Kier molecular flexibility index (Phi) is 30.7. The lowest BCUT2D eigenvalue weighted by atomic mass is 9.90. The second kappa shape index (κ2) is 32.0. The number of thiol groups is 6. The van der Waals surface area contributed by atoms with Gasteiger partial charge in [-0.3, -0.25) is 28.8 Å². The van der Waals surface area contributed by atoms with Crippen LogP contribution in [0.2, 0.25) is 0 Å². The van der Waals surface area contributed by atoms with Crippen molar-refractivity contribution in [2.24, 2.45) is 10.8 Å². The maximum Gasteiger partial charge on any atom is 0.306 e. The molecule has 0 amide bonds. The van der Waals surface area contributed by atoms with E-state index in [0.717, 1.165) is 0 Å². The van der Waals surface area contributed by atoms with E-state index < -0.39 is 46.6 Å². The van der Waals surface area contributed by atoms with E-state index in [1.54, 1.807) is 23.3 Å². The zero-order chi connectivity index (χ0) is 40.7. The van der Waals surface area contributed by atoms with Crippen LogP contribution in [-0.2, 0) is 61.9 Å². The molecule has 1 rings (SSSR count). The van der Waals surface area contributed by atoms with Gasteiger partial charge in [0.15, 0.2) is 0 Å². The monoisotopic (exact) mass is 876 g/mol. The van der Waals surface area contributed by atoms with E-state index in [1.807, 2.05) is 6.20 Å². The third kappa shape index (κ3) is 25.1. The number of carbonyl (C=O) groups excluding carboxylic acids is 6. The third-order valence-corrected chi connectivity index (χ3v) is 8.03. The molecule has 0 atom stereocenters. The molecule has 15 nitrogen and oxygen atoms in total. The number of esters is 6. The van der Waals surface area contributed by atoms with Crippen LogP contribution in [0.4, 0.5) is 0 Å². The van der Waals surface area contributed by atoms with E-state index in [4.69, 9.17) is 33.2 Å². The van der Waals surface area contributed by atoms with Crippen molar-refractivity contribution in [3.63, 3.8) is 0 Å². The van der Waals surface area contributed by atoms with Gasteiger partial charge in [-0.25, -0.2) is 4.98 Å². The fourth-order valence-corrected chi connectivity index (χ4v) is 4.84. The fourth-order valence-electron chi connectivity index (χ4n) is 3.74. The number of imidazole rings is 1. The van der Waals surface area contributed by atoms with Gasteiger partial charge >= 0.3 is 35.8 Å². The van der Waals surface area contributed by atoms with Gasteiger partial charge in [0.05, 0.1) is 68.9 Å². The first-order valence-electron chi connectivity index (χ1n) is 16.6. The van der Waals surface area contributed by atoms with Crippen LogP contribution in [0.15, 0.2) is 25.3 Å². The molecule has 0 aliphatic carbocycles. The van der Waals surface area contributed by atoms with Gasteiger partial charge in [0.2, 0.25) is 0 Å². The molecule has 0 N–H and O–H groups in total. The number of hydrogen-bond acceptors (Lipinski definition) is 20. The fraction of sp³-hybridized carbons (Fsp3) is 0.667. The minimum atomic E-state index is -1.41. The molecule has 54 heavy (non-hydrogen) atoms. The molecule has 0 saturated carbocycles. The molecular formula is C33H52N2O13S6. The molecular weight excluding hydrogens is 825 g/mol. The SMILES string of the molecule is C=Cn1ccnc1.O=C(CCS)OCC(COCC(COC(=O)CCS)(COC(=O)CCS)COC(=O)CCS)(COC(=O)CCS)COC(=O)CCS. The molecule has 0 saturated heterocycles. The van der Waals surface area contributed by atoms with Gasteiger partial charge in [0.1, 0.15) is 39.6 Å². The second-order valence-corrected chi connectivity index (χ2v) is 14.2. The van der Waals surface area contributed by atoms with Crippen LogP contribution < -0.4 is 0 Å². The number of carbonyl (C=O) groups is 6. The topological polar surface area (TPSA) is 185 Å². The molecule has 0 aliphatic heterocycles. The normalized spacial score (nSPS) is 11.0. The number of rotatable bonds is 29. The van der Waals surface area contributed by atoms with Crippen LogP contribution in [0, 0.1) is 10.8 Å². The summed E-state index contributed by atoms with van der Waals surface area (Å²) in [7, 11) is 0. The summed E-state index contributed by atoms with van der Waals surface area (Å²) in [4.78, 5) is 77.6. The molecule has 1 aromatic rings. The predicted octanol–water partition coefficient (Wildman–Crippen LogP) is 3.14. The molecule has 1 heterocycles. The van der Waals surface area contributed by atoms with E-state index in [1.165, 1.54) is 0 Å². The summed E-state index contributed by atoms with van der Waals surface area (Å²) in [5, 5.41) is 0. The first-order valence-corrected chi connectivity index (χ1v) is 20.4. The van der Waals surface area contributed by atoms with Crippen LogP contribution in [0.25, 0.3) is 6.20 Å². The van der Waals surface area contributed by atoms with Crippen molar-refractivity contribution in [1.29, 1.82) is 0 Å². The van der Waals surface area contributed by atoms with Gasteiger partial charge in [0, 0.05) is 53.1 Å². The Hall–Kier alpha value is -2.17. The Morgan fingerprint density at radius 2 is 0.759 bits per heavy atom. The Labute approximate surface area is 349 Å². The standard InChI is InChI=1S/C28H46O13S6.C5H6N2/c29-21(1-7-42)36-15-27(16-37-22(30)2-8-43,17-38-23(31)3-9-44)13-35-14-28(18-39-24(32)4-10-45,19-40-25(33)5-11-46)20-41-26(34)6-12-47;1-2-7-4-3-6-5-7/h42-47H,1-20H2;2-5H,1H2. The molecule has 0 bridgehead atoms. The van der Waals surface area contributed by atoms with Gasteiger partial charge in [-0.2, -0.15) is 75.8 Å². The Balaban J connectivity index is 0.00000356. The van der Waals surface area contributed by atoms with Gasteiger partial charge < -0.3 is 37.7 Å². The molecule has 0 radical (unpaired) electrons.